The van der Waals surface area contributed by atoms with Crippen molar-refractivity contribution in [1.82, 2.24) is 0 Å². The number of nitrogens with zero attached hydrogens (tertiary/aromatic N) is 1. The summed E-state index contributed by atoms with van der Waals surface area (Å²) in [5.41, 5.74) is -0.707. The monoisotopic (exact) mass is 637 g/mol. The van der Waals surface area contributed by atoms with Crippen LogP contribution in [0.4, 0.5) is 0 Å². The van der Waals surface area contributed by atoms with E-state index in [4.69, 9.17) is 19.2 Å². The molecule has 4 aliphatic carbocycles. The second-order valence-electron chi connectivity index (χ2n) is 15.5. The largest absolute Gasteiger partial charge is 0.458 e. The molecule has 46 heavy (non-hydrogen) atoms. The van der Waals surface area contributed by atoms with Crippen molar-refractivity contribution in [2.75, 3.05) is 13.2 Å². The SMILES string of the molecule is C[C@@H]1O[C@H](O[C@H]2CC[C@]3(C=NCCc4ccccc4)[C@H]4CC[C@]5(C)[C@@H](C6=CC(=O)OC6)CC[C@]5(O)[C@@H]4CC[C@]3(O)C2)C[C@@H](O)[C@H]1O. The number of cyclic esters (lactones) is 1. The van der Waals surface area contributed by atoms with Crippen molar-refractivity contribution in [2.45, 2.75) is 126 Å². The second-order valence-corrected chi connectivity index (χ2v) is 15.5. The molecule has 0 amide bonds. The van der Waals surface area contributed by atoms with Crippen LogP contribution in [0.3, 0.4) is 0 Å². The molecule has 4 saturated carbocycles. The minimum absolute atomic E-state index is 0.00681. The van der Waals surface area contributed by atoms with Gasteiger partial charge in [0.15, 0.2) is 6.29 Å². The van der Waals surface area contributed by atoms with E-state index in [2.05, 4.69) is 25.3 Å². The average molecular weight is 638 g/mol. The van der Waals surface area contributed by atoms with Crippen LogP contribution in [0.5, 0.6) is 0 Å². The quantitative estimate of drug-likeness (QED) is 0.201. The molecule has 0 aromatic heterocycles. The number of aliphatic hydroxyl groups is 4. The molecule has 12 atom stereocenters. The van der Waals surface area contributed by atoms with E-state index in [-0.39, 0.29) is 41.7 Å². The van der Waals surface area contributed by atoms with Crippen molar-refractivity contribution in [3.05, 3.63) is 47.5 Å². The number of benzene rings is 1. The molecule has 0 unspecified atom stereocenters. The lowest BCUT2D eigenvalue weighted by atomic mass is 9.41. The number of rotatable bonds is 7. The van der Waals surface area contributed by atoms with Gasteiger partial charge in [0.25, 0.3) is 0 Å². The normalized spacial score (nSPS) is 47.2. The van der Waals surface area contributed by atoms with Crippen LogP contribution in [0.15, 0.2) is 47.0 Å². The molecule has 0 spiro atoms. The van der Waals surface area contributed by atoms with Gasteiger partial charge in [-0.1, -0.05) is 37.3 Å². The maximum Gasteiger partial charge on any atom is 0.331 e. The van der Waals surface area contributed by atoms with Crippen molar-refractivity contribution < 1.29 is 39.4 Å². The summed E-state index contributed by atoms with van der Waals surface area (Å²) < 4.78 is 17.6. The van der Waals surface area contributed by atoms with E-state index in [0.717, 1.165) is 31.3 Å². The highest BCUT2D eigenvalue weighted by Crippen LogP contribution is 2.70. The van der Waals surface area contributed by atoms with Gasteiger partial charge in [-0.25, -0.2) is 4.79 Å². The zero-order valence-corrected chi connectivity index (χ0v) is 27.2. The molecule has 5 fully saturated rings. The molecule has 0 radical (unpaired) electrons. The van der Waals surface area contributed by atoms with Crippen LogP contribution >= 0.6 is 0 Å². The lowest BCUT2D eigenvalue weighted by Gasteiger charge is -2.66. The fraction of sp³-hybridized carbons (Fsp3) is 0.730. The minimum atomic E-state index is -1.07. The van der Waals surface area contributed by atoms with Gasteiger partial charge in [0.1, 0.15) is 12.7 Å². The zero-order valence-electron chi connectivity index (χ0n) is 27.2. The topological polar surface area (TPSA) is 138 Å². The predicted molar refractivity (Wildman–Crippen MR) is 171 cm³/mol. The zero-order chi connectivity index (χ0) is 32.3. The number of carbonyl (C=O) groups excluding carboxylic acids is 1. The number of hydrogen-bond donors (Lipinski definition) is 4. The Bertz CT molecular complexity index is 1340. The Kier molecular flexibility index (Phi) is 8.51. The molecule has 1 aromatic rings. The second kappa shape index (κ2) is 12.1. The summed E-state index contributed by atoms with van der Waals surface area (Å²) in [6.07, 6.45) is 7.68. The maximum atomic E-state index is 12.7. The van der Waals surface area contributed by atoms with Crippen LogP contribution in [0.2, 0.25) is 0 Å². The van der Waals surface area contributed by atoms with Gasteiger partial charge in [-0.3, -0.25) is 4.99 Å². The van der Waals surface area contributed by atoms with Crippen LogP contribution in [-0.2, 0) is 25.4 Å². The van der Waals surface area contributed by atoms with Gasteiger partial charge in [0.05, 0.1) is 29.5 Å². The molecule has 6 aliphatic rings. The first-order valence-corrected chi connectivity index (χ1v) is 17.5. The number of carbonyl (C=O) groups is 1. The number of aliphatic imine (C=N–C) groups is 1. The lowest BCUT2D eigenvalue weighted by Crippen LogP contribution is -2.69. The number of hydrogen-bond acceptors (Lipinski definition) is 9. The fourth-order valence-electron chi connectivity index (χ4n) is 10.9. The highest BCUT2D eigenvalue weighted by atomic mass is 16.7. The standard InChI is InChI=1S/C37H51NO8/c1-23-33(41)30(39)19-32(45-23)46-26-8-14-35(22-38-17-12-24-6-4-3-5-7-24)28-9-13-34(2)27(25-18-31(40)44-21-25)11-16-37(34,43)29(28)10-15-36(35,42)20-26/h3-7,18,22-23,26-30,32-33,39,41-43H,8-17,19-21H2,1-2H3/t23-,26-,27+,28-,29+,30+,32+,33-,34+,35-,36-,37-/m0/s1. The Balaban J connectivity index is 1.16. The number of fused-ring (bicyclic) bond motifs is 5. The summed E-state index contributed by atoms with van der Waals surface area (Å²) in [5, 5.41) is 46.0. The van der Waals surface area contributed by atoms with Gasteiger partial charge < -0.3 is 34.6 Å². The third-order valence-corrected chi connectivity index (χ3v) is 13.3. The van der Waals surface area contributed by atoms with Crippen molar-refractivity contribution in [3.8, 4) is 0 Å². The van der Waals surface area contributed by atoms with E-state index in [1.54, 1.807) is 13.0 Å². The molecule has 2 heterocycles. The Hall–Kier alpha value is -2.14. The van der Waals surface area contributed by atoms with Gasteiger partial charge in [-0.05, 0) is 93.6 Å². The van der Waals surface area contributed by atoms with Gasteiger partial charge >= 0.3 is 5.97 Å². The lowest BCUT2D eigenvalue weighted by molar-refractivity contribution is -0.282. The van der Waals surface area contributed by atoms with E-state index >= 15 is 0 Å². The summed E-state index contributed by atoms with van der Waals surface area (Å²) in [6, 6.07) is 10.3. The number of aliphatic hydroxyl groups excluding tert-OH is 2. The first kappa shape index (κ1) is 32.4. The molecule has 4 N–H and O–H groups in total. The summed E-state index contributed by atoms with van der Waals surface area (Å²) >= 11 is 0. The summed E-state index contributed by atoms with van der Waals surface area (Å²) in [7, 11) is 0. The number of ether oxygens (including phenoxy) is 3. The van der Waals surface area contributed by atoms with Crippen molar-refractivity contribution in [3.63, 3.8) is 0 Å². The molecule has 1 saturated heterocycles. The van der Waals surface area contributed by atoms with Gasteiger partial charge in [0, 0.05) is 42.5 Å². The van der Waals surface area contributed by atoms with Gasteiger partial charge in [-0.15, -0.1) is 0 Å². The molecule has 252 valence electrons. The van der Waals surface area contributed by atoms with E-state index in [9.17, 15) is 25.2 Å². The first-order valence-electron chi connectivity index (χ1n) is 17.5. The molecule has 0 bridgehead atoms. The molecule has 2 aliphatic heterocycles. The van der Waals surface area contributed by atoms with E-state index in [1.807, 2.05) is 18.2 Å². The fourth-order valence-corrected chi connectivity index (χ4v) is 10.9. The Morgan fingerprint density at radius 2 is 1.80 bits per heavy atom. The molecule has 9 heteroatoms. The Morgan fingerprint density at radius 1 is 1.02 bits per heavy atom. The van der Waals surface area contributed by atoms with Crippen molar-refractivity contribution in [1.29, 1.82) is 0 Å². The van der Waals surface area contributed by atoms with Gasteiger partial charge in [0.2, 0.25) is 0 Å². The van der Waals surface area contributed by atoms with Crippen molar-refractivity contribution >= 4 is 12.2 Å². The summed E-state index contributed by atoms with van der Waals surface area (Å²) in [4.78, 5) is 17.0. The maximum absolute atomic E-state index is 12.7. The summed E-state index contributed by atoms with van der Waals surface area (Å²) in [6.45, 7) is 4.90. The minimum Gasteiger partial charge on any atom is -0.458 e. The molecular formula is C37H51NO8. The van der Waals surface area contributed by atoms with E-state index < -0.39 is 41.2 Å². The predicted octanol–water partition coefficient (Wildman–Crippen LogP) is 3.89. The average Bonchev–Trinajstić information content (AvgIpc) is 3.58. The molecule has 7 rings (SSSR count). The van der Waals surface area contributed by atoms with Crippen molar-refractivity contribution in [2.24, 2.45) is 33.6 Å². The molecular weight excluding hydrogens is 586 g/mol. The van der Waals surface area contributed by atoms with Crippen LogP contribution in [-0.4, -0.2) is 87.7 Å². The number of esters is 1. The summed E-state index contributed by atoms with van der Waals surface area (Å²) in [5.74, 6) is -0.110. The Morgan fingerprint density at radius 3 is 2.54 bits per heavy atom. The van der Waals surface area contributed by atoms with Crippen LogP contribution in [0.25, 0.3) is 0 Å². The first-order chi connectivity index (χ1) is 22.0. The molecule has 1 aromatic carbocycles. The molecule has 9 nitrogen and oxygen atoms in total. The van der Waals surface area contributed by atoms with E-state index in [0.29, 0.717) is 51.7 Å². The Labute approximate surface area is 272 Å². The van der Waals surface area contributed by atoms with Crippen LogP contribution in [0.1, 0.15) is 83.6 Å². The van der Waals surface area contributed by atoms with Crippen LogP contribution < -0.4 is 0 Å². The highest BCUT2D eigenvalue weighted by Gasteiger charge is 2.71. The van der Waals surface area contributed by atoms with Crippen LogP contribution in [0, 0.1) is 28.6 Å². The third-order valence-electron chi connectivity index (χ3n) is 13.3. The van der Waals surface area contributed by atoms with E-state index in [1.165, 1.54) is 5.56 Å². The third kappa shape index (κ3) is 5.21. The smallest absolute Gasteiger partial charge is 0.331 e. The van der Waals surface area contributed by atoms with Gasteiger partial charge in [-0.2, -0.15) is 0 Å². The highest BCUT2D eigenvalue weighted by molar-refractivity contribution is 5.85.